The summed E-state index contributed by atoms with van der Waals surface area (Å²) in [6, 6.07) is 3.62. The van der Waals surface area contributed by atoms with E-state index in [9.17, 15) is 4.79 Å². The van der Waals surface area contributed by atoms with Crippen LogP contribution < -0.4 is 0 Å². The molecule has 1 aromatic carbocycles. The summed E-state index contributed by atoms with van der Waals surface area (Å²) in [5, 5.41) is 17.8. The maximum atomic E-state index is 10.8. The molecule has 0 atom stereocenters. The Morgan fingerprint density at radius 2 is 2.00 bits per heavy atom. The van der Waals surface area contributed by atoms with E-state index in [2.05, 4.69) is 11.8 Å². The fraction of sp³-hybridized carbons (Fsp3) is 0. The zero-order valence-corrected chi connectivity index (χ0v) is 6.15. The van der Waals surface area contributed by atoms with E-state index in [0.717, 1.165) is 6.07 Å². The summed E-state index contributed by atoms with van der Waals surface area (Å²) >= 11 is 0. The largest absolute Gasteiger partial charge is 0.504 e. The van der Waals surface area contributed by atoms with Crippen LogP contribution in [0.2, 0.25) is 0 Å². The number of carbonyl (C=O) groups is 1. The Morgan fingerprint density at radius 1 is 1.33 bits per heavy atom. The molecule has 0 aliphatic carbocycles. The maximum absolute atomic E-state index is 10.8. The van der Waals surface area contributed by atoms with Crippen molar-refractivity contribution in [2.45, 2.75) is 0 Å². The Kier molecular flexibility index (Phi) is 2.19. The number of carbonyl (C=O) groups excluding carboxylic acids is 1. The zero-order chi connectivity index (χ0) is 9.14. The molecule has 4 heteroatoms. The monoisotopic (exact) mass is 167 g/mol. The predicted molar refractivity (Wildman–Crippen MR) is 40.5 cm³/mol. The molecule has 0 spiro atoms. The first-order valence-corrected chi connectivity index (χ1v) is 3.13. The molecular formula is C8H7O4. The minimum atomic E-state index is -0.662. The Balaban J connectivity index is 3.05. The standard InChI is InChI=1S/C8H7O4/c1-12-8(11)5-2-3-6(9)7(10)4-5/h2-4,9-10H,1H2. The zero-order valence-electron chi connectivity index (χ0n) is 6.15. The minimum absolute atomic E-state index is 0.139. The van der Waals surface area contributed by atoms with Crippen LogP contribution in [-0.4, -0.2) is 16.2 Å². The van der Waals surface area contributed by atoms with E-state index >= 15 is 0 Å². The summed E-state index contributed by atoms with van der Waals surface area (Å²) in [5.74, 6) is -1.31. The van der Waals surface area contributed by atoms with Crippen molar-refractivity contribution in [3.05, 3.63) is 30.9 Å². The van der Waals surface area contributed by atoms with Crippen LogP contribution in [0.4, 0.5) is 0 Å². The Hall–Kier alpha value is -1.71. The molecule has 12 heavy (non-hydrogen) atoms. The summed E-state index contributed by atoms with van der Waals surface area (Å²) < 4.78 is 4.15. The van der Waals surface area contributed by atoms with Crippen molar-refractivity contribution < 1.29 is 19.7 Å². The number of aromatic hydroxyl groups is 2. The van der Waals surface area contributed by atoms with Gasteiger partial charge in [0, 0.05) is 0 Å². The molecule has 4 nitrogen and oxygen atoms in total. The molecule has 0 amide bonds. The molecule has 1 aromatic rings. The fourth-order valence-electron chi connectivity index (χ4n) is 0.734. The number of phenolic OH excluding ortho intramolecular Hbond substituents is 2. The van der Waals surface area contributed by atoms with Crippen molar-refractivity contribution >= 4 is 5.97 Å². The highest BCUT2D eigenvalue weighted by Gasteiger charge is 2.07. The summed E-state index contributed by atoms with van der Waals surface area (Å²) in [5.41, 5.74) is 0.139. The van der Waals surface area contributed by atoms with Crippen molar-refractivity contribution in [3.8, 4) is 11.5 Å². The minimum Gasteiger partial charge on any atom is -0.504 e. The van der Waals surface area contributed by atoms with Crippen LogP contribution in [0.3, 0.4) is 0 Å². The average Bonchev–Trinajstić information content (AvgIpc) is 2.08. The van der Waals surface area contributed by atoms with Crippen LogP contribution in [0.1, 0.15) is 10.4 Å². The third-order valence-corrected chi connectivity index (χ3v) is 1.34. The van der Waals surface area contributed by atoms with Gasteiger partial charge in [-0.2, -0.15) is 0 Å². The van der Waals surface area contributed by atoms with E-state index in [-0.39, 0.29) is 17.1 Å². The number of phenols is 2. The van der Waals surface area contributed by atoms with Crippen molar-refractivity contribution in [2.75, 3.05) is 0 Å². The van der Waals surface area contributed by atoms with E-state index in [1.807, 2.05) is 0 Å². The van der Waals surface area contributed by atoms with Gasteiger partial charge in [0.25, 0.3) is 0 Å². The molecule has 0 bridgehead atoms. The molecule has 1 radical (unpaired) electrons. The molecule has 0 aromatic heterocycles. The number of rotatable bonds is 1. The van der Waals surface area contributed by atoms with E-state index in [4.69, 9.17) is 10.2 Å². The van der Waals surface area contributed by atoms with Crippen molar-refractivity contribution in [3.63, 3.8) is 0 Å². The first-order valence-electron chi connectivity index (χ1n) is 3.13. The Bertz CT molecular complexity index is 306. The molecular weight excluding hydrogens is 160 g/mol. The molecule has 0 unspecified atom stereocenters. The molecule has 63 valence electrons. The van der Waals surface area contributed by atoms with E-state index in [1.165, 1.54) is 12.1 Å². The lowest BCUT2D eigenvalue weighted by Gasteiger charge is -2.00. The number of hydrogen-bond acceptors (Lipinski definition) is 4. The number of benzene rings is 1. The lowest BCUT2D eigenvalue weighted by atomic mass is 10.2. The topological polar surface area (TPSA) is 66.8 Å². The molecule has 0 aliphatic heterocycles. The van der Waals surface area contributed by atoms with Gasteiger partial charge < -0.3 is 14.9 Å². The first-order chi connectivity index (χ1) is 5.65. The fourth-order valence-corrected chi connectivity index (χ4v) is 0.734. The summed E-state index contributed by atoms with van der Waals surface area (Å²) in [4.78, 5) is 10.8. The second kappa shape index (κ2) is 3.13. The quantitative estimate of drug-likeness (QED) is 0.484. The second-order valence-electron chi connectivity index (χ2n) is 2.14. The highest BCUT2D eigenvalue weighted by molar-refractivity contribution is 5.90. The Labute approximate surface area is 69.0 Å². The maximum Gasteiger partial charge on any atom is 0.338 e. The molecule has 0 saturated heterocycles. The van der Waals surface area contributed by atoms with Gasteiger partial charge in [0.2, 0.25) is 0 Å². The third-order valence-electron chi connectivity index (χ3n) is 1.34. The van der Waals surface area contributed by atoms with Crippen molar-refractivity contribution in [1.29, 1.82) is 0 Å². The van der Waals surface area contributed by atoms with Crippen LogP contribution in [-0.2, 0) is 4.74 Å². The van der Waals surface area contributed by atoms with Crippen molar-refractivity contribution in [2.24, 2.45) is 0 Å². The predicted octanol–water partition coefficient (Wildman–Crippen LogP) is 1.05. The molecule has 0 saturated carbocycles. The Morgan fingerprint density at radius 3 is 2.50 bits per heavy atom. The van der Waals surface area contributed by atoms with Gasteiger partial charge >= 0.3 is 5.97 Å². The highest BCUT2D eigenvalue weighted by Crippen LogP contribution is 2.24. The normalized spacial score (nSPS) is 9.42. The smallest absolute Gasteiger partial charge is 0.338 e. The highest BCUT2D eigenvalue weighted by atomic mass is 16.5. The SMILES string of the molecule is [CH2]OC(=O)c1ccc(O)c(O)c1. The summed E-state index contributed by atoms with van der Waals surface area (Å²) in [6.45, 7) is 0. The van der Waals surface area contributed by atoms with Gasteiger partial charge in [-0.05, 0) is 18.2 Å². The number of esters is 1. The van der Waals surface area contributed by atoms with Crippen LogP contribution in [0.15, 0.2) is 18.2 Å². The number of hydrogen-bond donors (Lipinski definition) is 2. The number of ether oxygens (including phenoxy) is 1. The van der Waals surface area contributed by atoms with Crippen LogP contribution in [0, 0.1) is 7.11 Å². The second-order valence-corrected chi connectivity index (χ2v) is 2.14. The van der Waals surface area contributed by atoms with Crippen LogP contribution in [0.5, 0.6) is 11.5 Å². The van der Waals surface area contributed by atoms with Gasteiger partial charge in [-0.15, -0.1) is 0 Å². The average molecular weight is 167 g/mol. The van der Waals surface area contributed by atoms with E-state index in [0.29, 0.717) is 0 Å². The van der Waals surface area contributed by atoms with Crippen molar-refractivity contribution in [1.82, 2.24) is 0 Å². The van der Waals surface area contributed by atoms with Crippen LogP contribution in [0.25, 0.3) is 0 Å². The van der Waals surface area contributed by atoms with Gasteiger partial charge in [-0.3, -0.25) is 0 Å². The molecule has 0 heterocycles. The summed E-state index contributed by atoms with van der Waals surface area (Å²) in [7, 11) is 2.92. The van der Waals surface area contributed by atoms with E-state index in [1.54, 1.807) is 0 Å². The third kappa shape index (κ3) is 1.47. The lowest BCUT2D eigenvalue weighted by Crippen LogP contribution is -1.98. The van der Waals surface area contributed by atoms with E-state index < -0.39 is 5.97 Å². The molecule has 2 N–H and O–H groups in total. The summed E-state index contributed by atoms with van der Waals surface area (Å²) in [6.07, 6.45) is 0. The molecule has 0 aliphatic rings. The molecule has 0 fully saturated rings. The van der Waals surface area contributed by atoms with Gasteiger partial charge in [-0.1, -0.05) is 0 Å². The van der Waals surface area contributed by atoms with Gasteiger partial charge in [0.1, 0.15) is 7.11 Å². The lowest BCUT2D eigenvalue weighted by molar-refractivity contribution is 0.0653. The molecule has 1 rings (SSSR count). The van der Waals surface area contributed by atoms with Gasteiger partial charge in [-0.25, -0.2) is 4.79 Å². The van der Waals surface area contributed by atoms with Crippen LogP contribution >= 0.6 is 0 Å². The van der Waals surface area contributed by atoms with Gasteiger partial charge in [0.15, 0.2) is 11.5 Å². The first kappa shape index (κ1) is 8.39. The van der Waals surface area contributed by atoms with Gasteiger partial charge in [0.05, 0.1) is 5.56 Å².